The quantitative estimate of drug-likeness (QED) is 0.636. The number of pyridine rings is 1. The van der Waals surface area contributed by atoms with Crippen LogP contribution in [0.15, 0.2) is 29.7 Å². The molecule has 0 atom stereocenters. The Kier molecular flexibility index (Phi) is 6.04. The van der Waals surface area contributed by atoms with Crippen molar-refractivity contribution in [1.82, 2.24) is 24.6 Å². The fourth-order valence-corrected chi connectivity index (χ4v) is 3.43. The number of hydrogen-bond acceptors (Lipinski definition) is 6. The SMILES string of the molecule is COCCn1c(SCC(=O)N(C)CC2CC2)nnc1-c1ccncc1. The van der Waals surface area contributed by atoms with Crippen molar-refractivity contribution in [2.45, 2.75) is 24.5 Å². The average Bonchev–Trinajstić information content (AvgIpc) is 3.36. The van der Waals surface area contributed by atoms with Gasteiger partial charge in [0.15, 0.2) is 11.0 Å². The van der Waals surface area contributed by atoms with Gasteiger partial charge in [0.1, 0.15) is 0 Å². The van der Waals surface area contributed by atoms with Crippen molar-refractivity contribution < 1.29 is 9.53 Å². The maximum absolute atomic E-state index is 12.3. The van der Waals surface area contributed by atoms with E-state index in [2.05, 4.69) is 15.2 Å². The Morgan fingerprint density at radius 2 is 2.12 bits per heavy atom. The molecule has 0 saturated heterocycles. The Hall–Kier alpha value is -1.93. The summed E-state index contributed by atoms with van der Waals surface area (Å²) in [6.07, 6.45) is 5.94. The maximum Gasteiger partial charge on any atom is 0.232 e. The molecule has 1 aliphatic carbocycles. The number of carbonyl (C=O) groups excluding carboxylic acids is 1. The van der Waals surface area contributed by atoms with Crippen LogP contribution in [0.2, 0.25) is 0 Å². The van der Waals surface area contributed by atoms with E-state index in [9.17, 15) is 4.79 Å². The standard InChI is InChI=1S/C17H23N5O2S/c1-21(11-13-3-4-13)15(23)12-25-17-20-19-16(22(17)9-10-24-2)14-5-7-18-8-6-14/h5-8,13H,3-4,9-12H2,1-2H3. The minimum atomic E-state index is 0.128. The number of rotatable bonds is 9. The predicted molar refractivity (Wildman–Crippen MR) is 96.2 cm³/mol. The van der Waals surface area contributed by atoms with Gasteiger partial charge in [0.25, 0.3) is 0 Å². The molecule has 7 nitrogen and oxygen atoms in total. The summed E-state index contributed by atoms with van der Waals surface area (Å²) in [4.78, 5) is 18.2. The van der Waals surface area contributed by atoms with Gasteiger partial charge in [0, 0.05) is 38.7 Å². The van der Waals surface area contributed by atoms with E-state index >= 15 is 0 Å². The van der Waals surface area contributed by atoms with E-state index in [1.807, 2.05) is 28.6 Å². The number of nitrogens with zero attached hydrogens (tertiary/aromatic N) is 5. The topological polar surface area (TPSA) is 73.1 Å². The first-order valence-electron chi connectivity index (χ1n) is 8.38. The number of methoxy groups -OCH3 is 1. The molecular formula is C17H23N5O2S. The lowest BCUT2D eigenvalue weighted by Crippen LogP contribution is -2.30. The zero-order valence-electron chi connectivity index (χ0n) is 14.6. The molecule has 3 rings (SSSR count). The third-order valence-corrected chi connectivity index (χ3v) is 5.11. The van der Waals surface area contributed by atoms with Gasteiger partial charge in [-0.05, 0) is 30.9 Å². The zero-order valence-corrected chi connectivity index (χ0v) is 15.4. The van der Waals surface area contributed by atoms with E-state index in [0.717, 1.165) is 23.1 Å². The molecule has 1 amide bonds. The third kappa shape index (κ3) is 4.79. The van der Waals surface area contributed by atoms with E-state index in [1.165, 1.54) is 24.6 Å². The number of hydrogen-bond donors (Lipinski definition) is 0. The van der Waals surface area contributed by atoms with Gasteiger partial charge in [-0.25, -0.2) is 0 Å². The number of amides is 1. The Labute approximate surface area is 151 Å². The molecule has 0 bridgehead atoms. The molecule has 2 aromatic heterocycles. The van der Waals surface area contributed by atoms with Crippen molar-refractivity contribution in [3.8, 4) is 11.4 Å². The summed E-state index contributed by atoms with van der Waals surface area (Å²) in [5.74, 6) is 1.96. The molecule has 0 aromatic carbocycles. The molecule has 0 radical (unpaired) electrons. The van der Waals surface area contributed by atoms with Crippen LogP contribution in [0.5, 0.6) is 0 Å². The third-order valence-electron chi connectivity index (χ3n) is 4.15. The molecule has 8 heteroatoms. The highest BCUT2D eigenvalue weighted by Crippen LogP contribution is 2.29. The van der Waals surface area contributed by atoms with Crippen LogP contribution in [0.1, 0.15) is 12.8 Å². The van der Waals surface area contributed by atoms with Crippen LogP contribution in [0.3, 0.4) is 0 Å². The van der Waals surface area contributed by atoms with Crippen LogP contribution in [-0.2, 0) is 16.1 Å². The molecule has 0 N–H and O–H groups in total. The summed E-state index contributed by atoms with van der Waals surface area (Å²) < 4.78 is 7.20. The molecule has 2 aromatic rings. The number of thioether (sulfide) groups is 1. The number of carbonyl (C=O) groups is 1. The molecule has 1 saturated carbocycles. The molecule has 25 heavy (non-hydrogen) atoms. The van der Waals surface area contributed by atoms with Crippen LogP contribution in [0, 0.1) is 5.92 Å². The van der Waals surface area contributed by atoms with Gasteiger partial charge in [-0.2, -0.15) is 0 Å². The van der Waals surface area contributed by atoms with Crippen molar-refractivity contribution >= 4 is 17.7 Å². The molecule has 1 fully saturated rings. The molecule has 0 spiro atoms. The van der Waals surface area contributed by atoms with Gasteiger partial charge < -0.3 is 9.64 Å². The highest BCUT2D eigenvalue weighted by molar-refractivity contribution is 7.99. The average molecular weight is 361 g/mol. The molecule has 2 heterocycles. The minimum Gasteiger partial charge on any atom is -0.383 e. The first-order chi connectivity index (χ1) is 12.2. The fourth-order valence-electron chi connectivity index (χ4n) is 2.52. The van der Waals surface area contributed by atoms with Crippen LogP contribution in [0.4, 0.5) is 0 Å². The van der Waals surface area contributed by atoms with E-state index in [0.29, 0.717) is 24.8 Å². The van der Waals surface area contributed by atoms with Crippen LogP contribution in [0.25, 0.3) is 11.4 Å². The van der Waals surface area contributed by atoms with E-state index in [4.69, 9.17) is 4.74 Å². The number of aromatic nitrogens is 4. The highest BCUT2D eigenvalue weighted by Gasteiger charge is 2.25. The molecule has 0 aliphatic heterocycles. The molecular weight excluding hydrogens is 338 g/mol. The molecule has 0 unspecified atom stereocenters. The van der Waals surface area contributed by atoms with E-state index in [-0.39, 0.29) is 5.91 Å². The second kappa shape index (κ2) is 8.44. The van der Waals surface area contributed by atoms with Gasteiger partial charge >= 0.3 is 0 Å². The lowest BCUT2D eigenvalue weighted by Gasteiger charge is -2.16. The monoisotopic (exact) mass is 361 g/mol. The van der Waals surface area contributed by atoms with Crippen molar-refractivity contribution in [2.24, 2.45) is 5.92 Å². The van der Waals surface area contributed by atoms with Gasteiger partial charge in [-0.3, -0.25) is 14.3 Å². The summed E-state index contributed by atoms with van der Waals surface area (Å²) in [5.41, 5.74) is 0.947. The van der Waals surface area contributed by atoms with Gasteiger partial charge in [-0.1, -0.05) is 11.8 Å². The lowest BCUT2D eigenvalue weighted by atomic mass is 10.2. The summed E-state index contributed by atoms with van der Waals surface area (Å²) in [6, 6.07) is 3.80. The largest absolute Gasteiger partial charge is 0.383 e. The summed E-state index contributed by atoms with van der Waals surface area (Å²) in [6.45, 7) is 2.05. The van der Waals surface area contributed by atoms with E-state index < -0.39 is 0 Å². The van der Waals surface area contributed by atoms with Crippen molar-refractivity contribution in [3.63, 3.8) is 0 Å². The predicted octanol–water partition coefficient (Wildman–Crippen LogP) is 1.95. The normalized spacial score (nSPS) is 13.8. The number of ether oxygens (including phenoxy) is 1. The van der Waals surface area contributed by atoms with Gasteiger partial charge in [-0.15, -0.1) is 10.2 Å². The Morgan fingerprint density at radius 1 is 1.36 bits per heavy atom. The Bertz CT molecular complexity index is 702. The van der Waals surface area contributed by atoms with Gasteiger partial charge in [0.2, 0.25) is 5.91 Å². The first kappa shape index (κ1) is 17.9. The summed E-state index contributed by atoms with van der Waals surface area (Å²) in [7, 11) is 3.54. The van der Waals surface area contributed by atoms with Crippen molar-refractivity contribution in [3.05, 3.63) is 24.5 Å². The van der Waals surface area contributed by atoms with Crippen LogP contribution < -0.4 is 0 Å². The Balaban J connectivity index is 1.69. The van der Waals surface area contributed by atoms with Crippen LogP contribution >= 0.6 is 11.8 Å². The zero-order chi connectivity index (χ0) is 17.6. The highest BCUT2D eigenvalue weighted by atomic mass is 32.2. The summed E-state index contributed by atoms with van der Waals surface area (Å²) in [5, 5.41) is 9.32. The van der Waals surface area contributed by atoms with E-state index in [1.54, 1.807) is 19.5 Å². The van der Waals surface area contributed by atoms with Crippen LogP contribution in [-0.4, -0.2) is 63.6 Å². The first-order valence-corrected chi connectivity index (χ1v) is 9.37. The van der Waals surface area contributed by atoms with Crippen molar-refractivity contribution in [1.29, 1.82) is 0 Å². The fraction of sp³-hybridized carbons (Fsp3) is 0.529. The molecule has 1 aliphatic rings. The van der Waals surface area contributed by atoms with Gasteiger partial charge in [0.05, 0.1) is 18.9 Å². The minimum absolute atomic E-state index is 0.128. The second-order valence-corrected chi connectivity index (χ2v) is 7.14. The Morgan fingerprint density at radius 3 is 2.80 bits per heavy atom. The van der Waals surface area contributed by atoms with Crippen molar-refractivity contribution in [2.75, 3.05) is 33.1 Å². The molecule has 134 valence electrons. The second-order valence-electron chi connectivity index (χ2n) is 6.19. The summed E-state index contributed by atoms with van der Waals surface area (Å²) >= 11 is 1.42. The lowest BCUT2D eigenvalue weighted by molar-refractivity contribution is -0.127. The maximum atomic E-state index is 12.3. The smallest absolute Gasteiger partial charge is 0.232 e.